The average Bonchev–Trinajstić information content (AvgIpc) is 2.55. The fraction of sp³-hybridized carbons (Fsp3) is 0.250. The predicted molar refractivity (Wildman–Crippen MR) is 51.3 cm³/mol. The molecule has 16 heavy (non-hydrogen) atoms. The summed E-state index contributed by atoms with van der Waals surface area (Å²) in [6, 6.07) is 0. The van der Waals surface area contributed by atoms with Gasteiger partial charge in [-0.05, 0) is 6.92 Å². The summed E-state index contributed by atoms with van der Waals surface area (Å²) in [6.45, 7) is 0.928. The first-order valence-corrected chi connectivity index (χ1v) is 4.31. The SMILES string of the molecule is Cc1noc2c1c(=O)[nH]c(=O)n2CC(=O)O. The van der Waals surface area contributed by atoms with Crippen LogP contribution in [0.25, 0.3) is 11.1 Å². The molecule has 0 aliphatic heterocycles. The van der Waals surface area contributed by atoms with Crippen molar-refractivity contribution in [3.8, 4) is 0 Å². The van der Waals surface area contributed by atoms with Crippen LogP contribution in [-0.2, 0) is 11.3 Å². The summed E-state index contributed by atoms with van der Waals surface area (Å²) in [7, 11) is 0. The summed E-state index contributed by atoms with van der Waals surface area (Å²) in [5, 5.41) is 12.2. The lowest BCUT2D eigenvalue weighted by Crippen LogP contribution is -2.32. The number of H-pyrrole nitrogens is 1. The fourth-order valence-corrected chi connectivity index (χ4v) is 1.40. The third-order valence-corrected chi connectivity index (χ3v) is 2.08. The fourth-order valence-electron chi connectivity index (χ4n) is 1.40. The summed E-state index contributed by atoms with van der Waals surface area (Å²) in [5.74, 6) is -1.22. The first-order chi connectivity index (χ1) is 7.50. The molecule has 0 spiro atoms. The van der Waals surface area contributed by atoms with Gasteiger partial charge in [-0.25, -0.2) is 9.36 Å². The molecular weight excluding hydrogens is 218 g/mol. The number of aromatic nitrogens is 3. The van der Waals surface area contributed by atoms with Gasteiger partial charge in [0.05, 0.1) is 5.69 Å². The predicted octanol–water partition coefficient (Wildman–Crippen LogP) is -0.929. The van der Waals surface area contributed by atoms with Gasteiger partial charge in [0.25, 0.3) is 5.56 Å². The summed E-state index contributed by atoms with van der Waals surface area (Å²) < 4.78 is 5.58. The van der Waals surface area contributed by atoms with Gasteiger partial charge in [-0.1, -0.05) is 5.16 Å². The van der Waals surface area contributed by atoms with Gasteiger partial charge < -0.3 is 9.63 Å². The molecule has 0 saturated heterocycles. The normalized spacial score (nSPS) is 10.8. The van der Waals surface area contributed by atoms with Crippen LogP contribution in [0.4, 0.5) is 0 Å². The van der Waals surface area contributed by atoms with Gasteiger partial charge in [-0.2, -0.15) is 0 Å². The van der Waals surface area contributed by atoms with E-state index in [0.717, 1.165) is 4.57 Å². The number of carboxylic acids is 1. The molecule has 0 radical (unpaired) electrons. The summed E-state index contributed by atoms with van der Waals surface area (Å²) in [5.41, 5.74) is -1.31. The number of aromatic amines is 1. The lowest BCUT2D eigenvalue weighted by Gasteiger charge is -2.00. The summed E-state index contributed by atoms with van der Waals surface area (Å²) in [6.07, 6.45) is 0. The number of carboxylic acid groups (broad SMARTS) is 1. The highest BCUT2D eigenvalue weighted by Gasteiger charge is 2.16. The molecule has 0 atom stereocenters. The van der Waals surface area contributed by atoms with E-state index >= 15 is 0 Å². The topological polar surface area (TPSA) is 118 Å². The zero-order valence-corrected chi connectivity index (χ0v) is 8.18. The van der Waals surface area contributed by atoms with E-state index in [1.165, 1.54) is 6.92 Å². The Morgan fingerprint density at radius 1 is 1.56 bits per heavy atom. The number of nitrogens with one attached hydrogen (secondary N) is 1. The second-order valence-corrected chi connectivity index (χ2v) is 3.19. The second kappa shape index (κ2) is 3.33. The number of nitrogens with zero attached hydrogens (tertiary/aromatic N) is 2. The number of carbonyl (C=O) groups is 1. The van der Waals surface area contributed by atoms with Crippen LogP contribution < -0.4 is 11.2 Å². The maximum atomic E-state index is 11.4. The summed E-state index contributed by atoms with van der Waals surface area (Å²) in [4.78, 5) is 35.3. The second-order valence-electron chi connectivity index (χ2n) is 3.19. The van der Waals surface area contributed by atoms with E-state index in [9.17, 15) is 14.4 Å². The molecule has 0 aromatic carbocycles. The summed E-state index contributed by atoms with van der Waals surface area (Å²) >= 11 is 0. The van der Waals surface area contributed by atoms with Crippen molar-refractivity contribution < 1.29 is 14.4 Å². The quantitative estimate of drug-likeness (QED) is 0.681. The van der Waals surface area contributed by atoms with Crippen molar-refractivity contribution in [1.82, 2.24) is 14.7 Å². The lowest BCUT2D eigenvalue weighted by atomic mass is 10.3. The van der Waals surface area contributed by atoms with Crippen LogP contribution in [0.3, 0.4) is 0 Å². The van der Waals surface area contributed by atoms with Crippen molar-refractivity contribution in [3.63, 3.8) is 0 Å². The van der Waals surface area contributed by atoms with Crippen molar-refractivity contribution in [1.29, 1.82) is 0 Å². The van der Waals surface area contributed by atoms with Crippen LogP contribution in [0.2, 0.25) is 0 Å². The van der Waals surface area contributed by atoms with Gasteiger partial charge in [-0.15, -0.1) is 0 Å². The van der Waals surface area contributed by atoms with Crippen LogP contribution in [0.15, 0.2) is 14.1 Å². The van der Waals surface area contributed by atoms with Gasteiger partial charge in [0.15, 0.2) is 0 Å². The van der Waals surface area contributed by atoms with Gasteiger partial charge in [-0.3, -0.25) is 14.6 Å². The van der Waals surface area contributed by atoms with E-state index in [4.69, 9.17) is 9.63 Å². The molecule has 84 valence electrons. The lowest BCUT2D eigenvalue weighted by molar-refractivity contribution is -0.137. The number of hydrogen-bond donors (Lipinski definition) is 2. The molecule has 2 aromatic heterocycles. The number of fused-ring (bicyclic) bond motifs is 1. The minimum atomic E-state index is -1.22. The standard InChI is InChI=1S/C8H7N3O5/c1-3-5-6(14)9-8(15)11(2-4(12)13)7(5)16-10-3/h2H2,1H3,(H,12,13)(H,9,14,15). The first-order valence-electron chi connectivity index (χ1n) is 4.31. The molecule has 2 N–H and O–H groups in total. The molecule has 2 rings (SSSR count). The third-order valence-electron chi connectivity index (χ3n) is 2.08. The van der Waals surface area contributed by atoms with Crippen LogP contribution in [0.5, 0.6) is 0 Å². The van der Waals surface area contributed by atoms with Crippen LogP contribution in [-0.4, -0.2) is 25.8 Å². The molecule has 8 heteroatoms. The minimum absolute atomic E-state index is 0.0841. The first kappa shape index (κ1) is 10.1. The smallest absolute Gasteiger partial charge is 0.331 e. The van der Waals surface area contributed by atoms with Gasteiger partial charge >= 0.3 is 11.7 Å². The van der Waals surface area contributed by atoms with E-state index in [0.29, 0.717) is 5.69 Å². The molecule has 0 saturated carbocycles. The molecule has 0 unspecified atom stereocenters. The van der Waals surface area contributed by atoms with Crippen molar-refractivity contribution >= 4 is 17.1 Å². The van der Waals surface area contributed by atoms with E-state index in [-0.39, 0.29) is 11.1 Å². The Balaban J connectivity index is 2.88. The highest BCUT2D eigenvalue weighted by Crippen LogP contribution is 2.10. The van der Waals surface area contributed by atoms with E-state index in [1.807, 2.05) is 4.98 Å². The van der Waals surface area contributed by atoms with Gasteiger partial charge in [0.2, 0.25) is 5.71 Å². The van der Waals surface area contributed by atoms with Gasteiger partial charge in [0.1, 0.15) is 11.9 Å². The zero-order valence-electron chi connectivity index (χ0n) is 8.18. The Hall–Kier alpha value is -2.38. The number of aryl methyl sites for hydroxylation is 1. The van der Waals surface area contributed by atoms with Crippen LogP contribution in [0, 0.1) is 6.92 Å². The Morgan fingerprint density at radius 3 is 2.88 bits per heavy atom. The van der Waals surface area contributed by atoms with Crippen molar-refractivity contribution in [2.75, 3.05) is 0 Å². The molecule has 0 aliphatic carbocycles. The highest BCUT2D eigenvalue weighted by atomic mass is 16.5. The maximum Gasteiger partial charge on any atom is 0.331 e. The van der Waals surface area contributed by atoms with E-state index in [1.54, 1.807) is 0 Å². The largest absolute Gasteiger partial charge is 0.480 e. The molecule has 0 bridgehead atoms. The number of rotatable bonds is 2. The maximum absolute atomic E-state index is 11.4. The number of hydrogen-bond acceptors (Lipinski definition) is 5. The Kier molecular flexibility index (Phi) is 2.11. The molecular formula is C8H7N3O5. The monoisotopic (exact) mass is 225 g/mol. The molecule has 0 amide bonds. The Labute approximate surface area is 87.1 Å². The van der Waals surface area contributed by atoms with Crippen LogP contribution >= 0.6 is 0 Å². The van der Waals surface area contributed by atoms with Crippen LogP contribution in [0.1, 0.15) is 5.69 Å². The van der Waals surface area contributed by atoms with Gasteiger partial charge in [0, 0.05) is 0 Å². The minimum Gasteiger partial charge on any atom is -0.480 e. The molecule has 8 nitrogen and oxygen atoms in total. The molecule has 0 fully saturated rings. The van der Waals surface area contributed by atoms with Crippen molar-refractivity contribution in [2.45, 2.75) is 13.5 Å². The van der Waals surface area contributed by atoms with E-state index < -0.39 is 23.8 Å². The van der Waals surface area contributed by atoms with Crippen molar-refractivity contribution in [3.05, 3.63) is 26.5 Å². The highest BCUT2D eigenvalue weighted by molar-refractivity contribution is 5.76. The van der Waals surface area contributed by atoms with E-state index in [2.05, 4.69) is 5.16 Å². The Morgan fingerprint density at radius 2 is 2.25 bits per heavy atom. The van der Waals surface area contributed by atoms with Crippen molar-refractivity contribution in [2.24, 2.45) is 0 Å². The molecule has 2 aromatic rings. The average molecular weight is 225 g/mol. The number of aliphatic carboxylic acids is 1. The third kappa shape index (κ3) is 1.40. The zero-order chi connectivity index (χ0) is 11.9. The molecule has 2 heterocycles. The molecule has 0 aliphatic rings. The Bertz CT molecular complexity index is 677.